The zero-order valence-electron chi connectivity index (χ0n) is 12.4. The van der Waals surface area contributed by atoms with Crippen molar-refractivity contribution in [2.75, 3.05) is 29.8 Å². The molecule has 0 bridgehead atoms. The first-order valence-corrected chi connectivity index (χ1v) is 8.37. The Balaban J connectivity index is 1.94. The number of aromatic nitrogens is 1. The van der Waals surface area contributed by atoms with E-state index >= 15 is 0 Å². The molecule has 1 aromatic carbocycles. The number of nitrogens with zero attached hydrogens (tertiary/aromatic N) is 2. The van der Waals surface area contributed by atoms with Crippen molar-refractivity contribution in [3.8, 4) is 5.75 Å². The number of hydrogen-bond donors (Lipinski definition) is 1. The van der Waals surface area contributed by atoms with E-state index < -0.39 is 10.0 Å². The first-order valence-electron chi connectivity index (χ1n) is 6.89. The summed E-state index contributed by atoms with van der Waals surface area (Å²) in [6, 6.07) is 8.33. The van der Waals surface area contributed by atoms with Gasteiger partial charge in [-0.2, -0.15) is 0 Å². The molecule has 0 saturated heterocycles. The smallest absolute Gasteiger partial charge is 0.263 e. The molecule has 3 rings (SSSR count). The number of nitrogens with one attached hydrogen (secondary N) is 1. The van der Waals surface area contributed by atoms with Crippen molar-refractivity contribution in [2.24, 2.45) is 0 Å². The van der Waals surface area contributed by atoms with Gasteiger partial charge in [0.1, 0.15) is 18.2 Å². The van der Waals surface area contributed by atoms with Crippen LogP contribution in [0.1, 0.15) is 5.56 Å². The van der Waals surface area contributed by atoms with Crippen LogP contribution in [0, 0.1) is 6.92 Å². The van der Waals surface area contributed by atoms with Gasteiger partial charge in [0.25, 0.3) is 10.0 Å². The van der Waals surface area contributed by atoms with E-state index in [4.69, 9.17) is 4.74 Å². The summed E-state index contributed by atoms with van der Waals surface area (Å²) in [4.78, 5) is 6.19. The second-order valence-corrected chi connectivity index (χ2v) is 6.91. The van der Waals surface area contributed by atoms with Crippen molar-refractivity contribution in [1.29, 1.82) is 0 Å². The number of aryl methyl sites for hydroxylation is 1. The Bertz CT molecular complexity index is 805. The van der Waals surface area contributed by atoms with Gasteiger partial charge in [-0.15, -0.1) is 0 Å². The van der Waals surface area contributed by atoms with E-state index in [2.05, 4.69) is 9.71 Å². The Morgan fingerprint density at radius 1 is 1.27 bits per heavy atom. The minimum absolute atomic E-state index is 0.187. The standard InChI is InChI=1S/C15H17N3O3S/c1-11-5-6-16-15(9-11)17-22(19,20)12-3-4-14-13(10-12)18(2)7-8-21-14/h3-6,9-10H,7-8H2,1-2H3,(H,16,17). The van der Waals surface area contributed by atoms with Crippen LogP contribution in [0.5, 0.6) is 5.75 Å². The summed E-state index contributed by atoms with van der Waals surface area (Å²) in [5, 5.41) is 0. The van der Waals surface area contributed by atoms with Gasteiger partial charge in [0.2, 0.25) is 0 Å². The second-order valence-electron chi connectivity index (χ2n) is 5.22. The van der Waals surface area contributed by atoms with Gasteiger partial charge >= 0.3 is 0 Å². The Kier molecular flexibility index (Phi) is 3.66. The summed E-state index contributed by atoms with van der Waals surface area (Å²) in [5.41, 5.74) is 1.71. The predicted octanol–water partition coefficient (Wildman–Crippen LogP) is 2.02. The third-order valence-corrected chi connectivity index (χ3v) is 4.84. The summed E-state index contributed by atoms with van der Waals surface area (Å²) in [6.07, 6.45) is 1.57. The van der Waals surface area contributed by atoms with E-state index in [0.29, 0.717) is 18.2 Å². The third-order valence-electron chi connectivity index (χ3n) is 3.49. The maximum atomic E-state index is 12.5. The van der Waals surface area contributed by atoms with Crippen LogP contribution in [0.4, 0.5) is 11.5 Å². The number of rotatable bonds is 3. The fraction of sp³-hybridized carbons (Fsp3) is 0.267. The molecule has 0 saturated carbocycles. The number of benzene rings is 1. The van der Waals surface area contributed by atoms with Crippen LogP contribution in [0.3, 0.4) is 0 Å². The molecule has 1 aromatic heterocycles. The molecular formula is C15H17N3O3S. The zero-order chi connectivity index (χ0) is 15.7. The highest BCUT2D eigenvalue weighted by molar-refractivity contribution is 7.92. The number of hydrogen-bond acceptors (Lipinski definition) is 5. The molecule has 0 fully saturated rings. The molecule has 1 N–H and O–H groups in total. The largest absolute Gasteiger partial charge is 0.490 e. The maximum Gasteiger partial charge on any atom is 0.263 e. The van der Waals surface area contributed by atoms with Gasteiger partial charge in [0, 0.05) is 13.2 Å². The molecule has 1 aliphatic heterocycles. The van der Waals surface area contributed by atoms with E-state index in [-0.39, 0.29) is 4.90 Å². The average Bonchev–Trinajstić information content (AvgIpc) is 2.47. The topological polar surface area (TPSA) is 71.5 Å². The molecule has 0 unspecified atom stereocenters. The number of fused-ring (bicyclic) bond motifs is 1. The van der Waals surface area contributed by atoms with Gasteiger partial charge in [-0.25, -0.2) is 13.4 Å². The van der Waals surface area contributed by atoms with Crippen molar-refractivity contribution in [1.82, 2.24) is 4.98 Å². The van der Waals surface area contributed by atoms with Gasteiger partial charge in [0.15, 0.2) is 0 Å². The van der Waals surface area contributed by atoms with E-state index in [0.717, 1.165) is 17.8 Å². The molecule has 6 nitrogen and oxygen atoms in total. The van der Waals surface area contributed by atoms with Crippen LogP contribution in [-0.2, 0) is 10.0 Å². The van der Waals surface area contributed by atoms with Crippen molar-refractivity contribution in [3.63, 3.8) is 0 Å². The molecular weight excluding hydrogens is 302 g/mol. The van der Waals surface area contributed by atoms with E-state index in [1.807, 2.05) is 24.9 Å². The highest BCUT2D eigenvalue weighted by Crippen LogP contribution is 2.33. The fourth-order valence-electron chi connectivity index (χ4n) is 2.29. The Hall–Kier alpha value is -2.28. The van der Waals surface area contributed by atoms with Crippen molar-refractivity contribution in [2.45, 2.75) is 11.8 Å². The molecule has 0 atom stereocenters. The quantitative estimate of drug-likeness (QED) is 0.937. The van der Waals surface area contributed by atoms with Crippen LogP contribution in [0.15, 0.2) is 41.4 Å². The molecule has 0 amide bonds. The van der Waals surface area contributed by atoms with Gasteiger partial charge in [-0.1, -0.05) is 0 Å². The lowest BCUT2D eigenvalue weighted by atomic mass is 10.2. The van der Waals surface area contributed by atoms with Crippen LogP contribution >= 0.6 is 0 Å². The molecule has 0 aliphatic carbocycles. The maximum absolute atomic E-state index is 12.5. The molecule has 0 spiro atoms. The SMILES string of the molecule is Cc1ccnc(NS(=O)(=O)c2ccc3c(c2)N(C)CCO3)c1. The van der Waals surface area contributed by atoms with Crippen LogP contribution in [-0.4, -0.2) is 33.6 Å². The highest BCUT2D eigenvalue weighted by atomic mass is 32.2. The Morgan fingerprint density at radius 3 is 2.86 bits per heavy atom. The summed E-state index contributed by atoms with van der Waals surface area (Å²) in [5.74, 6) is 1.00. The normalized spacial score (nSPS) is 14.2. The minimum Gasteiger partial charge on any atom is -0.490 e. The fourth-order valence-corrected chi connectivity index (χ4v) is 3.31. The van der Waals surface area contributed by atoms with E-state index in [1.165, 1.54) is 6.07 Å². The summed E-state index contributed by atoms with van der Waals surface area (Å²) in [7, 11) is -1.77. The molecule has 22 heavy (non-hydrogen) atoms. The Morgan fingerprint density at radius 2 is 2.09 bits per heavy atom. The lowest BCUT2D eigenvalue weighted by Crippen LogP contribution is -2.29. The molecule has 116 valence electrons. The third kappa shape index (κ3) is 2.85. The molecule has 2 heterocycles. The van der Waals surface area contributed by atoms with Gasteiger partial charge < -0.3 is 9.64 Å². The molecule has 2 aromatic rings. The van der Waals surface area contributed by atoms with Crippen molar-refractivity contribution < 1.29 is 13.2 Å². The van der Waals surface area contributed by atoms with E-state index in [1.54, 1.807) is 24.4 Å². The average molecular weight is 319 g/mol. The van der Waals surface area contributed by atoms with Gasteiger partial charge in [-0.05, 0) is 42.8 Å². The molecule has 1 aliphatic rings. The van der Waals surface area contributed by atoms with Gasteiger partial charge in [-0.3, -0.25) is 4.72 Å². The summed E-state index contributed by atoms with van der Waals surface area (Å²) >= 11 is 0. The van der Waals surface area contributed by atoms with E-state index in [9.17, 15) is 8.42 Å². The van der Waals surface area contributed by atoms with Crippen LogP contribution < -0.4 is 14.4 Å². The lowest BCUT2D eigenvalue weighted by molar-refractivity contribution is 0.311. The first kappa shape index (κ1) is 14.6. The predicted molar refractivity (Wildman–Crippen MR) is 85.0 cm³/mol. The number of pyridine rings is 1. The number of ether oxygens (including phenoxy) is 1. The monoisotopic (exact) mass is 319 g/mol. The number of anilines is 2. The molecule has 7 heteroatoms. The minimum atomic E-state index is -3.68. The molecule has 0 radical (unpaired) electrons. The lowest BCUT2D eigenvalue weighted by Gasteiger charge is -2.28. The Labute approximate surface area is 129 Å². The number of sulfonamides is 1. The summed E-state index contributed by atoms with van der Waals surface area (Å²) in [6.45, 7) is 3.20. The highest BCUT2D eigenvalue weighted by Gasteiger charge is 2.21. The zero-order valence-corrected chi connectivity index (χ0v) is 13.2. The van der Waals surface area contributed by atoms with Gasteiger partial charge in [0.05, 0.1) is 17.1 Å². The first-order chi connectivity index (χ1) is 10.5. The summed E-state index contributed by atoms with van der Waals surface area (Å²) < 4.78 is 33.0. The van der Waals surface area contributed by atoms with Crippen molar-refractivity contribution in [3.05, 3.63) is 42.1 Å². The van der Waals surface area contributed by atoms with Crippen LogP contribution in [0.2, 0.25) is 0 Å². The second kappa shape index (κ2) is 5.49. The van der Waals surface area contributed by atoms with Crippen molar-refractivity contribution >= 4 is 21.5 Å². The van der Waals surface area contributed by atoms with Crippen LogP contribution in [0.25, 0.3) is 0 Å². The number of likely N-dealkylation sites (N-methyl/N-ethyl adjacent to an activating group) is 1.